The Morgan fingerprint density at radius 3 is 2.52 bits per heavy atom. The molecule has 0 N–H and O–H groups in total. The molecule has 2 unspecified atom stereocenters. The van der Waals surface area contributed by atoms with E-state index in [9.17, 15) is 9.59 Å². The summed E-state index contributed by atoms with van der Waals surface area (Å²) >= 11 is 0. The monoisotopic (exact) mass is 318 g/mol. The Morgan fingerprint density at radius 1 is 1.17 bits per heavy atom. The van der Waals surface area contributed by atoms with Gasteiger partial charge in [-0.1, -0.05) is 0 Å². The van der Waals surface area contributed by atoms with Crippen LogP contribution in [0.5, 0.6) is 0 Å². The maximum Gasteiger partial charge on any atom is 0.410 e. The minimum atomic E-state index is -0.481. The summed E-state index contributed by atoms with van der Waals surface area (Å²) in [6.45, 7) is 11.6. The van der Waals surface area contributed by atoms with Crippen LogP contribution in [0.4, 0.5) is 4.79 Å². The van der Waals surface area contributed by atoms with Gasteiger partial charge in [-0.25, -0.2) is 4.79 Å². The molecule has 23 heavy (non-hydrogen) atoms. The molecule has 1 aromatic heterocycles. The third-order valence-electron chi connectivity index (χ3n) is 4.73. The SMILES string of the molecule is Cc1cc(C)c(=O)n2c1C1CC(CN(C(=O)OC(C)(C)C)C1)C2. The molecule has 3 heterocycles. The Bertz CT molecular complexity index is 699. The van der Waals surface area contributed by atoms with Gasteiger partial charge in [-0.2, -0.15) is 0 Å². The highest BCUT2D eigenvalue weighted by atomic mass is 16.6. The van der Waals surface area contributed by atoms with Crippen LogP contribution in [0.2, 0.25) is 0 Å². The first kappa shape index (κ1) is 16.1. The average molecular weight is 318 g/mol. The van der Waals surface area contributed by atoms with Crippen molar-refractivity contribution in [3.63, 3.8) is 0 Å². The number of rotatable bonds is 0. The summed E-state index contributed by atoms with van der Waals surface area (Å²) < 4.78 is 7.46. The lowest BCUT2D eigenvalue weighted by Gasteiger charge is -2.43. The van der Waals surface area contributed by atoms with Gasteiger partial charge in [0.05, 0.1) is 0 Å². The molecular weight excluding hydrogens is 292 g/mol. The fourth-order valence-electron chi connectivity index (χ4n) is 3.99. The lowest BCUT2D eigenvalue weighted by atomic mass is 9.81. The van der Waals surface area contributed by atoms with Crippen molar-refractivity contribution in [2.75, 3.05) is 13.1 Å². The summed E-state index contributed by atoms with van der Waals surface area (Å²) in [6.07, 6.45) is 0.801. The second kappa shape index (κ2) is 5.39. The number of pyridine rings is 1. The van der Waals surface area contributed by atoms with E-state index in [0.717, 1.165) is 23.2 Å². The van der Waals surface area contributed by atoms with E-state index in [4.69, 9.17) is 4.74 Å². The van der Waals surface area contributed by atoms with Gasteiger partial charge in [-0.15, -0.1) is 0 Å². The van der Waals surface area contributed by atoms with Gasteiger partial charge in [0.2, 0.25) is 0 Å². The molecule has 0 radical (unpaired) electrons. The van der Waals surface area contributed by atoms with Gasteiger partial charge in [0, 0.05) is 36.8 Å². The summed E-state index contributed by atoms with van der Waals surface area (Å²) in [5.41, 5.74) is 2.69. The van der Waals surface area contributed by atoms with Crippen LogP contribution in [0.15, 0.2) is 10.9 Å². The summed E-state index contributed by atoms with van der Waals surface area (Å²) in [5, 5.41) is 0. The number of carbonyl (C=O) groups excluding carboxylic acids is 1. The van der Waals surface area contributed by atoms with Crippen LogP contribution in [0.25, 0.3) is 0 Å². The van der Waals surface area contributed by atoms with Crippen molar-refractivity contribution >= 4 is 6.09 Å². The molecule has 0 aliphatic carbocycles. The minimum absolute atomic E-state index is 0.117. The van der Waals surface area contributed by atoms with E-state index in [1.807, 2.05) is 43.2 Å². The summed E-state index contributed by atoms with van der Waals surface area (Å²) in [6, 6.07) is 1.97. The number of fused-ring (bicyclic) bond motifs is 4. The molecule has 1 saturated heterocycles. The number of hydrogen-bond acceptors (Lipinski definition) is 3. The van der Waals surface area contributed by atoms with Gasteiger partial charge in [0.15, 0.2) is 0 Å². The molecule has 2 aliphatic rings. The normalized spacial score (nSPS) is 23.4. The zero-order valence-corrected chi connectivity index (χ0v) is 14.7. The molecule has 3 rings (SSSR count). The predicted molar refractivity (Wildman–Crippen MR) is 88.8 cm³/mol. The van der Waals surface area contributed by atoms with Crippen LogP contribution in [-0.4, -0.2) is 34.3 Å². The second-order valence-corrected chi connectivity index (χ2v) is 8.00. The third kappa shape index (κ3) is 3.01. The molecule has 126 valence electrons. The highest BCUT2D eigenvalue weighted by Crippen LogP contribution is 2.37. The van der Waals surface area contributed by atoms with E-state index >= 15 is 0 Å². The molecule has 5 nitrogen and oxygen atoms in total. The first-order chi connectivity index (χ1) is 10.7. The molecule has 0 spiro atoms. The number of likely N-dealkylation sites (tertiary alicyclic amines) is 1. The van der Waals surface area contributed by atoms with Crippen molar-refractivity contribution in [1.29, 1.82) is 0 Å². The number of nitrogens with zero attached hydrogens (tertiary/aromatic N) is 2. The smallest absolute Gasteiger partial charge is 0.410 e. The second-order valence-electron chi connectivity index (χ2n) is 8.00. The maximum absolute atomic E-state index is 12.5. The molecule has 1 fully saturated rings. The van der Waals surface area contributed by atoms with E-state index in [2.05, 4.69) is 6.92 Å². The fourth-order valence-corrected chi connectivity index (χ4v) is 3.99. The van der Waals surface area contributed by atoms with E-state index in [0.29, 0.717) is 25.6 Å². The van der Waals surface area contributed by atoms with Crippen LogP contribution in [0.3, 0.4) is 0 Å². The first-order valence-electron chi connectivity index (χ1n) is 8.34. The van der Waals surface area contributed by atoms with E-state index in [1.54, 1.807) is 0 Å². The maximum atomic E-state index is 12.5. The Hall–Kier alpha value is -1.78. The number of piperidine rings is 1. The van der Waals surface area contributed by atoms with Crippen LogP contribution in [0.1, 0.15) is 49.9 Å². The quantitative estimate of drug-likeness (QED) is 0.739. The minimum Gasteiger partial charge on any atom is -0.444 e. The molecule has 0 saturated carbocycles. The Labute approximate surface area is 137 Å². The average Bonchev–Trinajstić information content (AvgIpc) is 2.42. The van der Waals surface area contributed by atoms with Crippen LogP contribution < -0.4 is 5.56 Å². The highest BCUT2D eigenvalue weighted by Gasteiger charge is 2.38. The van der Waals surface area contributed by atoms with Crippen molar-refractivity contribution < 1.29 is 9.53 Å². The standard InChI is InChI=1S/C18H26N2O3/c1-11-6-12(2)16(21)20-9-13-7-14(15(11)20)10-19(8-13)17(22)23-18(3,4)5/h6,13-14H,7-10H2,1-5H3. The topological polar surface area (TPSA) is 51.5 Å². The molecule has 0 aromatic carbocycles. The number of carbonyl (C=O) groups is 1. The number of amides is 1. The van der Waals surface area contributed by atoms with Crippen molar-refractivity contribution in [3.05, 3.63) is 33.2 Å². The van der Waals surface area contributed by atoms with Crippen molar-refractivity contribution in [2.45, 2.75) is 59.1 Å². The Balaban J connectivity index is 1.90. The lowest BCUT2D eigenvalue weighted by Crippen LogP contribution is -2.50. The molecule has 2 bridgehead atoms. The molecule has 2 atom stereocenters. The number of aryl methyl sites for hydroxylation is 2. The third-order valence-corrected chi connectivity index (χ3v) is 4.73. The van der Waals surface area contributed by atoms with Gasteiger partial charge in [0.25, 0.3) is 5.56 Å². The predicted octanol–water partition coefficient (Wildman–Crippen LogP) is 2.82. The van der Waals surface area contributed by atoms with Crippen LogP contribution in [-0.2, 0) is 11.3 Å². The number of aromatic nitrogens is 1. The fraction of sp³-hybridized carbons (Fsp3) is 0.667. The zero-order valence-electron chi connectivity index (χ0n) is 14.7. The summed E-state index contributed by atoms with van der Waals surface area (Å²) in [4.78, 5) is 26.7. The molecule has 1 amide bonds. The van der Waals surface area contributed by atoms with Crippen LogP contribution >= 0.6 is 0 Å². The Kier molecular flexibility index (Phi) is 3.77. The molecule has 2 aliphatic heterocycles. The lowest BCUT2D eigenvalue weighted by molar-refractivity contribution is 0.0101. The van der Waals surface area contributed by atoms with Crippen molar-refractivity contribution in [2.24, 2.45) is 5.92 Å². The number of ether oxygens (including phenoxy) is 1. The number of hydrogen-bond donors (Lipinski definition) is 0. The van der Waals surface area contributed by atoms with E-state index < -0.39 is 5.60 Å². The summed E-state index contributed by atoms with van der Waals surface area (Å²) in [5.74, 6) is 0.552. The summed E-state index contributed by atoms with van der Waals surface area (Å²) in [7, 11) is 0. The highest BCUT2D eigenvalue weighted by molar-refractivity contribution is 5.68. The molecular formula is C18H26N2O3. The Morgan fingerprint density at radius 2 is 1.87 bits per heavy atom. The van der Waals surface area contributed by atoms with Crippen LogP contribution in [0, 0.1) is 19.8 Å². The van der Waals surface area contributed by atoms with Crippen molar-refractivity contribution in [1.82, 2.24) is 9.47 Å². The molecule has 1 aromatic rings. The van der Waals surface area contributed by atoms with Gasteiger partial charge >= 0.3 is 6.09 Å². The van der Waals surface area contributed by atoms with Gasteiger partial charge in [-0.05, 0) is 58.6 Å². The van der Waals surface area contributed by atoms with Gasteiger partial charge in [0.1, 0.15) is 5.60 Å². The van der Waals surface area contributed by atoms with E-state index in [-0.39, 0.29) is 17.6 Å². The largest absolute Gasteiger partial charge is 0.444 e. The van der Waals surface area contributed by atoms with Crippen molar-refractivity contribution in [3.8, 4) is 0 Å². The molecule has 5 heteroatoms. The van der Waals surface area contributed by atoms with Gasteiger partial charge < -0.3 is 14.2 Å². The van der Waals surface area contributed by atoms with Gasteiger partial charge in [-0.3, -0.25) is 4.79 Å². The first-order valence-corrected chi connectivity index (χ1v) is 8.34. The zero-order chi connectivity index (χ0) is 16.9. The van der Waals surface area contributed by atoms with E-state index in [1.165, 1.54) is 0 Å².